The number of halogens is 2. The summed E-state index contributed by atoms with van der Waals surface area (Å²) >= 11 is 0. The van der Waals surface area contributed by atoms with E-state index in [0.29, 0.717) is 19.0 Å². The van der Waals surface area contributed by atoms with E-state index in [9.17, 15) is 8.78 Å². The second-order valence-corrected chi connectivity index (χ2v) is 4.32. The lowest BCUT2D eigenvalue weighted by Crippen LogP contribution is -2.13. The molecule has 2 aromatic rings. The molecule has 0 bridgehead atoms. The highest BCUT2D eigenvalue weighted by atomic mass is 19.2. The van der Waals surface area contributed by atoms with Crippen LogP contribution in [0, 0.1) is 11.6 Å². The standard InChI is InChI=1S/C11H11F2N5O/c12-8-3-7(10(14)4-9(8)13)11-15-16-17-18(11)6-1-2-19-5-6/h3-4,6H,1-2,5,14H2. The fourth-order valence-corrected chi connectivity index (χ4v) is 2.09. The Morgan fingerprint density at radius 2 is 2.11 bits per heavy atom. The van der Waals surface area contributed by atoms with E-state index in [1.807, 2.05) is 0 Å². The van der Waals surface area contributed by atoms with Gasteiger partial charge in [0.15, 0.2) is 17.5 Å². The number of nitrogen functional groups attached to an aromatic ring is 1. The molecule has 8 heteroatoms. The lowest BCUT2D eigenvalue weighted by molar-refractivity contribution is 0.184. The van der Waals surface area contributed by atoms with Crippen molar-refractivity contribution < 1.29 is 13.5 Å². The van der Waals surface area contributed by atoms with Gasteiger partial charge in [0.1, 0.15) is 0 Å². The number of rotatable bonds is 2. The van der Waals surface area contributed by atoms with Gasteiger partial charge >= 0.3 is 0 Å². The van der Waals surface area contributed by atoms with Crippen LogP contribution in [0.25, 0.3) is 11.4 Å². The van der Waals surface area contributed by atoms with Gasteiger partial charge in [0, 0.05) is 23.9 Å². The molecule has 0 aliphatic carbocycles. The van der Waals surface area contributed by atoms with E-state index in [1.54, 1.807) is 0 Å². The molecule has 0 saturated carbocycles. The number of anilines is 1. The molecule has 100 valence electrons. The van der Waals surface area contributed by atoms with Crippen molar-refractivity contribution in [1.29, 1.82) is 0 Å². The molecule has 6 nitrogen and oxygen atoms in total. The first-order valence-electron chi connectivity index (χ1n) is 5.77. The summed E-state index contributed by atoms with van der Waals surface area (Å²) in [5, 5.41) is 11.3. The van der Waals surface area contributed by atoms with Crippen LogP contribution in [0.5, 0.6) is 0 Å². The maximum absolute atomic E-state index is 13.3. The van der Waals surface area contributed by atoms with Gasteiger partial charge in [-0.3, -0.25) is 0 Å². The van der Waals surface area contributed by atoms with Crippen molar-refractivity contribution in [2.75, 3.05) is 18.9 Å². The van der Waals surface area contributed by atoms with Crippen LogP contribution < -0.4 is 5.73 Å². The van der Waals surface area contributed by atoms with Gasteiger partial charge in [0.2, 0.25) is 0 Å². The minimum Gasteiger partial charge on any atom is -0.398 e. The Bertz CT molecular complexity index is 609. The molecule has 1 aromatic heterocycles. The van der Waals surface area contributed by atoms with E-state index in [1.165, 1.54) is 4.68 Å². The van der Waals surface area contributed by atoms with E-state index in [2.05, 4.69) is 15.5 Å². The van der Waals surface area contributed by atoms with Crippen LogP contribution in [0.1, 0.15) is 12.5 Å². The second-order valence-electron chi connectivity index (χ2n) is 4.32. The molecule has 1 saturated heterocycles. The summed E-state index contributed by atoms with van der Waals surface area (Å²) in [5.74, 6) is -1.67. The van der Waals surface area contributed by atoms with Gasteiger partial charge in [0.05, 0.1) is 12.6 Å². The number of hydrogen-bond acceptors (Lipinski definition) is 5. The van der Waals surface area contributed by atoms with Crippen LogP contribution in [0.2, 0.25) is 0 Å². The fourth-order valence-electron chi connectivity index (χ4n) is 2.09. The van der Waals surface area contributed by atoms with E-state index in [4.69, 9.17) is 10.5 Å². The first kappa shape index (κ1) is 12.0. The van der Waals surface area contributed by atoms with Crippen molar-refractivity contribution >= 4 is 5.69 Å². The quantitative estimate of drug-likeness (QED) is 0.826. The number of tetrazole rings is 1. The van der Waals surface area contributed by atoms with Crippen molar-refractivity contribution in [1.82, 2.24) is 20.2 Å². The third-order valence-corrected chi connectivity index (χ3v) is 3.08. The Hall–Kier alpha value is -2.09. The van der Waals surface area contributed by atoms with Crippen LogP contribution in [-0.2, 0) is 4.74 Å². The normalized spacial score (nSPS) is 18.9. The van der Waals surface area contributed by atoms with Gasteiger partial charge in [-0.15, -0.1) is 5.10 Å². The molecule has 3 rings (SSSR count). The summed E-state index contributed by atoms with van der Waals surface area (Å²) in [6.07, 6.45) is 0.765. The summed E-state index contributed by atoms with van der Waals surface area (Å²) in [7, 11) is 0. The summed E-state index contributed by atoms with van der Waals surface area (Å²) in [5.41, 5.74) is 6.07. The minimum absolute atomic E-state index is 0.0162. The number of hydrogen-bond donors (Lipinski definition) is 1. The second kappa shape index (κ2) is 4.54. The van der Waals surface area contributed by atoms with Crippen molar-refractivity contribution in [3.63, 3.8) is 0 Å². The van der Waals surface area contributed by atoms with Gasteiger partial charge in [0.25, 0.3) is 0 Å². The number of aromatic nitrogens is 4. The van der Waals surface area contributed by atoms with Crippen LogP contribution in [-0.4, -0.2) is 33.4 Å². The number of nitrogens with zero attached hydrogens (tertiary/aromatic N) is 4. The predicted molar refractivity (Wildman–Crippen MR) is 62.1 cm³/mol. The number of nitrogens with two attached hydrogens (primary N) is 1. The lowest BCUT2D eigenvalue weighted by atomic mass is 10.1. The van der Waals surface area contributed by atoms with Crippen LogP contribution >= 0.6 is 0 Å². The molecule has 0 spiro atoms. The molecule has 1 aliphatic heterocycles. The molecule has 1 aliphatic rings. The van der Waals surface area contributed by atoms with Crippen LogP contribution in [0.3, 0.4) is 0 Å². The first-order valence-corrected chi connectivity index (χ1v) is 5.77. The number of benzene rings is 1. The van der Waals surface area contributed by atoms with E-state index in [0.717, 1.165) is 18.6 Å². The molecular weight excluding hydrogens is 256 g/mol. The van der Waals surface area contributed by atoms with Crippen LogP contribution in [0.15, 0.2) is 12.1 Å². The molecule has 2 N–H and O–H groups in total. The largest absolute Gasteiger partial charge is 0.398 e. The molecule has 0 amide bonds. The van der Waals surface area contributed by atoms with Gasteiger partial charge in [-0.1, -0.05) is 0 Å². The van der Waals surface area contributed by atoms with Gasteiger partial charge < -0.3 is 10.5 Å². The third-order valence-electron chi connectivity index (χ3n) is 3.08. The van der Waals surface area contributed by atoms with Gasteiger partial charge in [-0.2, -0.15) is 0 Å². The first-order chi connectivity index (χ1) is 9.16. The minimum atomic E-state index is -0.996. The third kappa shape index (κ3) is 2.03. The van der Waals surface area contributed by atoms with Gasteiger partial charge in [-0.25, -0.2) is 13.5 Å². The Morgan fingerprint density at radius 3 is 2.84 bits per heavy atom. The zero-order valence-electron chi connectivity index (χ0n) is 9.88. The molecule has 0 radical (unpaired) electrons. The molecule has 1 aromatic carbocycles. The molecule has 1 atom stereocenters. The van der Waals surface area contributed by atoms with E-state index in [-0.39, 0.29) is 17.3 Å². The maximum Gasteiger partial charge on any atom is 0.184 e. The Kier molecular flexibility index (Phi) is 2.86. The SMILES string of the molecule is Nc1cc(F)c(F)cc1-c1nnnn1C1CCOC1. The highest BCUT2D eigenvalue weighted by Crippen LogP contribution is 2.29. The van der Waals surface area contributed by atoms with Crippen molar-refractivity contribution in [3.05, 3.63) is 23.8 Å². The smallest absolute Gasteiger partial charge is 0.184 e. The van der Waals surface area contributed by atoms with Crippen LogP contribution in [0.4, 0.5) is 14.5 Å². The lowest BCUT2D eigenvalue weighted by Gasteiger charge is -2.11. The highest BCUT2D eigenvalue weighted by molar-refractivity contribution is 5.71. The summed E-state index contributed by atoms with van der Waals surface area (Å²) in [4.78, 5) is 0. The summed E-state index contributed by atoms with van der Waals surface area (Å²) in [6, 6.07) is 1.91. The zero-order chi connectivity index (χ0) is 13.4. The average Bonchev–Trinajstić information content (AvgIpc) is 3.03. The highest BCUT2D eigenvalue weighted by Gasteiger charge is 2.24. The zero-order valence-corrected chi connectivity index (χ0v) is 9.88. The Balaban J connectivity index is 2.07. The molecule has 2 heterocycles. The summed E-state index contributed by atoms with van der Waals surface area (Å²) < 4.78 is 33.2. The molecular formula is C11H11F2N5O. The summed E-state index contributed by atoms with van der Waals surface area (Å²) in [6.45, 7) is 1.11. The Morgan fingerprint density at radius 1 is 1.32 bits per heavy atom. The Labute approximate surface area is 107 Å². The fraction of sp³-hybridized carbons (Fsp3) is 0.364. The van der Waals surface area contributed by atoms with Crippen molar-refractivity contribution in [3.8, 4) is 11.4 Å². The average molecular weight is 267 g/mol. The maximum atomic E-state index is 13.3. The predicted octanol–water partition coefficient (Wildman–Crippen LogP) is 1.16. The monoisotopic (exact) mass is 267 g/mol. The molecule has 19 heavy (non-hydrogen) atoms. The van der Waals surface area contributed by atoms with Crippen molar-refractivity contribution in [2.45, 2.75) is 12.5 Å². The van der Waals surface area contributed by atoms with E-state index >= 15 is 0 Å². The van der Waals surface area contributed by atoms with Crippen molar-refractivity contribution in [2.24, 2.45) is 0 Å². The topological polar surface area (TPSA) is 78.9 Å². The molecule has 1 unspecified atom stereocenters. The van der Waals surface area contributed by atoms with E-state index < -0.39 is 11.6 Å². The number of ether oxygens (including phenoxy) is 1. The van der Waals surface area contributed by atoms with Gasteiger partial charge in [-0.05, 0) is 22.9 Å². The molecule has 1 fully saturated rings.